The highest BCUT2D eigenvalue weighted by molar-refractivity contribution is 4.75. The maximum atomic E-state index is 9.20. The standard InChI is InChI=1S/C10H22N2O/c1-9(13)6-12(3)8-10-4-5-11(2)7-10/h9-10,13H,4-8H2,1-3H3. The molecule has 1 fully saturated rings. The molecule has 0 saturated carbocycles. The van der Waals surface area contributed by atoms with E-state index in [0.717, 1.165) is 19.0 Å². The van der Waals surface area contributed by atoms with Crippen molar-refractivity contribution < 1.29 is 5.11 Å². The summed E-state index contributed by atoms with van der Waals surface area (Å²) in [4.78, 5) is 4.61. The molecule has 0 aromatic heterocycles. The van der Waals surface area contributed by atoms with Crippen molar-refractivity contribution in [1.82, 2.24) is 9.80 Å². The van der Waals surface area contributed by atoms with Crippen molar-refractivity contribution in [1.29, 1.82) is 0 Å². The van der Waals surface area contributed by atoms with E-state index < -0.39 is 0 Å². The number of aliphatic hydroxyl groups excluding tert-OH is 1. The third-order valence-corrected chi connectivity index (χ3v) is 2.63. The Hall–Kier alpha value is -0.120. The Labute approximate surface area is 81.3 Å². The normalized spacial score (nSPS) is 27.0. The summed E-state index contributed by atoms with van der Waals surface area (Å²) in [5, 5.41) is 9.20. The number of nitrogens with zero attached hydrogens (tertiary/aromatic N) is 2. The second kappa shape index (κ2) is 4.94. The first-order valence-electron chi connectivity index (χ1n) is 5.13. The molecule has 1 heterocycles. The number of likely N-dealkylation sites (tertiary alicyclic amines) is 1. The molecule has 78 valence electrons. The van der Waals surface area contributed by atoms with Gasteiger partial charge in [0, 0.05) is 19.6 Å². The largest absolute Gasteiger partial charge is 0.392 e. The zero-order chi connectivity index (χ0) is 9.84. The lowest BCUT2D eigenvalue weighted by atomic mass is 10.1. The van der Waals surface area contributed by atoms with Gasteiger partial charge < -0.3 is 14.9 Å². The second-order valence-corrected chi connectivity index (χ2v) is 4.49. The van der Waals surface area contributed by atoms with Crippen molar-refractivity contribution in [2.45, 2.75) is 19.4 Å². The highest BCUT2D eigenvalue weighted by atomic mass is 16.3. The van der Waals surface area contributed by atoms with Crippen molar-refractivity contribution in [3.63, 3.8) is 0 Å². The van der Waals surface area contributed by atoms with Crippen LogP contribution >= 0.6 is 0 Å². The molecule has 0 radical (unpaired) electrons. The van der Waals surface area contributed by atoms with Gasteiger partial charge in [0.1, 0.15) is 0 Å². The van der Waals surface area contributed by atoms with Gasteiger partial charge in [-0.05, 0) is 39.9 Å². The molecule has 1 saturated heterocycles. The van der Waals surface area contributed by atoms with Gasteiger partial charge in [0.05, 0.1) is 6.10 Å². The summed E-state index contributed by atoms with van der Waals surface area (Å²) in [6, 6.07) is 0. The molecule has 0 aliphatic carbocycles. The van der Waals surface area contributed by atoms with Crippen LogP contribution in [0, 0.1) is 5.92 Å². The lowest BCUT2D eigenvalue weighted by molar-refractivity contribution is 0.132. The molecule has 1 aliphatic heterocycles. The van der Waals surface area contributed by atoms with E-state index in [2.05, 4.69) is 23.9 Å². The average molecular weight is 186 g/mol. The fourth-order valence-electron chi connectivity index (χ4n) is 2.14. The number of rotatable bonds is 4. The van der Waals surface area contributed by atoms with Gasteiger partial charge in [-0.15, -0.1) is 0 Å². The lowest BCUT2D eigenvalue weighted by Gasteiger charge is -2.21. The first kappa shape index (κ1) is 11.0. The highest BCUT2D eigenvalue weighted by Gasteiger charge is 2.20. The van der Waals surface area contributed by atoms with Gasteiger partial charge in [-0.2, -0.15) is 0 Å². The van der Waals surface area contributed by atoms with Crippen molar-refractivity contribution >= 4 is 0 Å². The summed E-state index contributed by atoms with van der Waals surface area (Å²) in [6.45, 7) is 6.20. The Balaban J connectivity index is 2.16. The fourth-order valence-corrected chi connectivity index (χ4v) is 2.14. The number of hydrogen-bond donors (Lipinski definition) is 1. The molecule has 13 heavy (non-hydrogen) atoms. The number of hydrogen-bond acceptors (Lipinski definition) is 3. The molecule has 1 rings (SSSR count). The molecule has 1 aliphatic rings. The second-order valence-electron chi connectivity index (χ2n) is 4.49. The van der Waals surface area contributed by atoms with Crippen LogP contribution in [0.4, 0.5) is 0 Å². The van der Waals surface area contributed by atoms with Crippen molar-refractivity contribution in [2.24, 2.45) is 5.92 Å². The molecular weight excluding hydrogens is 164 g/mol. The molecule has 2 unspecified atom stereocenters. The van der Waals surface area contributed by atoms with Crippen LogP contribution in [-0.2, 0) is 0 Å². The molecule has 0 spiro atoms. The predicted octanol–water partition coefficient (Wildman–Crippen LogP) is 0.251. The topological polar surface area (TPSA) is 26.7 Å². The smallest absolute Gasteiger partial charge is 0.0638 e. The van der Waals surface area contributed by atoms with E-state index in [9.17, 15) is 5.11 Å². The minimum Gasteiger partial charge on any atom is -0.392 e. The Morgan fingerprint density at radius 1 is 1.62 bits per heavy atom. The monoisotopic (exact) mass is 186 g/mol. The minimum atomic E-state index is -0.205. The zero-order valence-electron chi connectivity index (χ0n) is 9.03. The third-order valence-electron chi connectivity index (χ3n) is 2.63. The summed E-state index contributed by atoms with van der Waals surface area (Å²) in [6.07, 6.45) is 1.10. The summed E-state index contributed by atoms with van der Waals surface area (Å²) in [5.41, 5.74) is 0. The Morgan fingerprint density at radius 2 is 2.31 bits per heavy atom. The summed E-state index contributed by atoms with van der Waals surface area (Å²) >= 11 is 0. The summed E-state index contributed by atoms with van der Waals surface area (Å²) < 4.78 is 0. The van der Waals surface area contributed by atoms with Crippen LogP contribution in [0.5, 0.6) is 0 Å². The summed E-state index contributed by atoms with van der Waals surface area (Å²) in [7, 11) is 4.26. The maximum absolute atomic E-state index is 9.20. The van der Waals surface area contributed by atoms with E-state index in [4.69, 9.17) is 0 Å². The van der Waals surface area contributed by atoms with Gasteiger partial charge in [-0.1, -0.05) is 0 Å². The number of aliphatic hydroxyl groups is 1. The quantitative estimate of drug-likeness (QED) is 0.682. The van der Waals surface area contributed by atoms with Crippen LogP contribution in [-0.4, -0.2) is 61.3 Å². The molecular formula is C10H22N2O. The van der Waals surface area contributed by atoms with E-state index in [1.54, 1.807) is 0 Å². The molecule has 0 bridgehead atoms. The molecule has 2 atom stereocenters. The molecule has 0 aromatic carbocycles. The Bertz CT molecular complexity index is 150. The van der Waals surface area contributed by atoms with Crippen LogP contribution in [0.2, 0.25) is 0 Å². The first-order chi connectivity index (χ1) is 6.08. The number of likely N-dealkylation sites (N-methyl/N-ethyl adjacent to an activating group) is 1. The van der Waals surface area contributed by atoms with Crippen molar-refractivity contribution in [2.75, 3.05) is 40.3 Å². The van der Waals surface area contributed by atoms with Gasteiger partial charge >= 0.3 is 0 Å². The van der Waals surface area contributed by atoms with E-state index >= 15 is 0 Å². The van der Waals surface area contributed by atoms with E-state index in [0.29, 0.717) is 0 Å². The van der Waals surface area contributed by atoms with Gasteiger partial charge in [-0.25, -0.2) is 0 Å². The van der Waals surface area contributed by atoms with Gasteiger partial charge in [0.2, 0.25) is 0 Å². The van der Waals surface area contributed by atoms with Crippen LogP contribution in [0.15, 0.2) is 0 Å². The van der Waals surface area contributed by atoms with Gasteiger partial charge in [0.15, 0.2) is 0 Å². The molecule has 3 nitrogen and oxygen atoms in total. The zero-order valence-corrected chi connectivity index (χ0v) is 9.03. The van der Waals surface area contributed by atoms with Crippen LogP contribution in [0.1, 0.15) is 13.3 Å². The van der Waals surface area contributed by atoms with Crippen LogP contribution < -0.4 is 0 Å². The predicted molar refractivity (Wildman–Crippen MR) is 54.8 cm³/mol. The van der Waals surface area contributed by atoms with E-state index in [1.165, 1.54) is 19.5 Å². The Morgan fingerprint density at radius 3 is 2.77 bits per heavy atom. The van der Waals surface area contributed by atoms with E-state index in [-0.39, 0.29) is 6.10 Å². The van der Waals surface area contributed by atoms with Crippen molar-refractivity contribution in [3.05, 3.63) is 0 Å². The van der Waals surface area contributed by atoms with Gasteiger partial charge in [-0.3, -0.25) is 0 Å². The molecule has 3 heteroatoms. The maximum Gasteiger partial charge on any atom is 0.0638 e. The Kier molecular flexibility index (Phi) is 4.16. The highest BCUT2D eigenvalue weighted by Crippen LogP contribution is 2.14. The average Bonchev–Trinajstić information content (AvgIpc) is 2.33. The van der Waals surface area contributed by atoms with Crippen molar-refractivity contribution in [3.8, 4) is 0 Å². The molecule has 1 N–H and O–H groups in total. The van der Waals surface area contributed by atoms with Gasteiger partial charge in [0.25, 0.3) is 0 Å². The van der Waals surface area contributed by atoms with E-state index in [1.807, 2.05) is 6.92 Å². The van der Waals surface area contributed by atoms with Crippen LogP contribution in [0.3, 0.4) is 0 Å². The van der Waals surface area contributed by atoms with Crippen LogP contribution in [0.25, 0.3) is 0 Å². The SMILES string of the molecule is CC(O)CN(C)CC1CCN(C)C1. The fraction of sp³-hybridized carbons (Fsp3) is 1.00. The molecule has 0 aromatic rings. The summed E-state index contributed by atoms with van der Waals surface area (Å²) in [5.74, 6) is 0.800. The molecule has 0 amide bonds. The lowest BCUT2D eigenvalue weighted by Crippen LogP contribution is -2.32. The third kappa shape index (κ3) is 4.07. The first-order valence-corrected chi connectivity index (χ1v) is 5.13. The minimum absolute atomic E-state index is 0.205.